The quantitative estimate of drug-likeness (QED) is 0.736. The van der Waals surface area contributed by atoms with Gasteiger partial charge in [0.15, 0.2) is 0 Å². The van der Waals surface area contributed by atoms with Crippen LogP contribution in [0.3, 0.4) is 0 Å². The van der Waals surface area contributed by atoms with Gasteiger partial charge in [-0.3, -0.25) is 0 Å². The standard InChI is InChI=1S/C14H26N2O3/c1-9-6-5-7-10(8-9)15-13(19)16-11(12(17)18)14(2,3)4/h9-11H,5-8H2,1-4H3,(H,17,18)(H2,15,16,19)/t9?,10?,11-/m1/s1. The molecule has 0 saturated heterocycles. The Balaban J connectivity index is 2.51. The van der Waals surface area contributed by atoms with E-state index in [2.05, 4.69) is 17.6 Å². The Morgan fingerprint density at radius 3 is 2.37 bits per heavy atom. The molecule has 110 valence electrons. The van der Waals surface area contributed by atoms with Crippen LogP contribution in [0.5, 0.6) is 0 Å². The van der Waals surface area contributed by atoms with E-state index in [1.807, 2.05) is 0 Å². The van der Waals surface area contributed by atoms with E-state index in [1.54, 1.807) is 20.8 Å². The van der Waals surface area contributed by atoms with Crippen LogP contribution in [-0.2, 0) is 4.79 Å². The number of carbonyl (C=O) groups is 2. The van der Waals surface area contributed by atoms with E-state index in [9.17, 15) is 9.59 Å². The van der Waals surface area contributed by atoms with E-state index in [4.69, 9.17) is 5.11 Å². The molecule has 1 rings (SSSR count). The van der Waals surface area contributed by atoms with Crippen molar-refractivity contribution in [3.8, 4) is 0 Å². The first-order valence-corrected chi connectivity index (χ1v) is 7.00. The molecule has 0 heterocycles. The van der Waals surface area contributed by atoms with Gasteiger partial charge >= 0.3 is 12.0 Å². The molecule has 0 aliphatic heterocycles. The van der Waals surface area contributed by atoms with Gasteiger partial charge in [0.25, 0.3) is 0 Å². The Labute approximate surface area is 115 Å². The smallest absolute Gasteiger partial charge is 0.326 e. The third kappa shape index (κ3) is 5.09. The monoisotopic (exact) mass is 270 g/mol. The Hall–Kier alpha value is -1.26. The fourth-order valence-electron chi connectivity index (χ4n) is 2.57. The molecule has 0 aromatic heterocycles. The highest BCUT2D eigenvalue weighted by Gasteiger charge is 2.33. The topological polar surface area (TPSA) is 78.4 Å². The van der Waals surface area contributed by atoms with Crippen molar-refractivity contribution in [2.45, 2.75) is 65.5 Å². The molecule has 5 nitrogen and oxygen atoms in total. The van der Waals surface area contributed by atoms with Crippen molar-refractivity contribution in [1.82, 2.24) is 10.6 Å². The maximum absolute atomic E-state index is 11.9. The number of carbonyl (C=O) groups excluding carboxylic acids is 1. The van der Waals surface area contributed by atoms with E-state index in [0.29, 0.717) is 5.92 Å². The highest BCUT2D eigenvalue weighted by Crippen LogP contribution is 2.23. The lowest BCUT2D eigenvalue weighted by Gasteiger charge is -2.31. The largest absolute Gasteiger partial charge is 0.480 e. The summed E-state index contributed by atoms with van der Waals surface area (Å²) in [6.07, 6.45) is 4.28. The number of hydrogen-bond acceptors (Lipinski definition) is 2. The summed E-state index contributed by atoms with van der Waals surface area (Å²) >= 11 is 0. The molecule has 1 fully saturated rings. The van der Waals surface area contributed by atoms with Crippen molar-refractivity contribution >= 4 is 12.0 Å². The second-order valence-electron chi connectivity index (χ2n) is 6.72. The van der Waals surface area contributed by atoms with Gasteiger partial charge in [-0.15, -0.1) is 0 Å². The molecule has 2 unspecified atom stereocenters. The van der Waals surface area contributed by atoms with Gasteiger partial charge in [0, 0.05) is 6.04 Å². The Morgan fingerprint density at radius 2 is 1.89 bits per heavy atom. The molecule has 0 spiro atoms. The number of hydrogen-bond donors (Lipinski definition) is 3. The zero-order valence-electron chi connectivity index (χ0n) is 12.3. The molecule has 0 aromatic rings. The van der Waals surface area contributed by atoms with Crippen LogP contribution in [0.15, 0.2) is 0 Å². The molecule has 1 saturated carbocycles. The second-order valence-corrected chi connectivity index (χ2v) is 6.72. The average molecular weight is 270 g/mol. The van der Waals surface area contributed by atoms with Crippen molar-refractivity contribution < 1.29 is 14.7 Å². The molecule has 1 aliphatic rings. The first-order chi connectivity index (χ1) is 8.70. The summed E-state index contributed by atoms with van der Waals surface area (Å²) in [4.78, 5) is 23.1. The van der Waals surface area contributed by atoms with Gasteiger partial charge in [-0.2, -0.15) is 0 Å². The molecule has 0 radical (unpaired) electrons. The summed E-state index contributed by atoms with van der Waals surface area (Å²) in [5.74, 6) is -0.378. The maximum atomic E-state index is 11.9. The van der Waals surface area contributed by atoms with Crippen LogP contribution in [0.2, 0.25) is 0 Å². The predicted molar refractivity (Wildman–Crippen MR) is 74.0 cm³/mol. The lowest BCUT2D eigenvalue weighted by molar-refractivity contribution is -0.141. The molecule has 0 bridgehead atoms. The van der Waals surface area contributed by atoms with Crippen LogP contribution in [0, 0.1) is 11.3 Å². The van der Waals surface area contributed by atoms with Crippen molar-refractivity contribution in [3.05, 3.63) is 0 Å². The lowest BCUT2D eigenvalue weighted by atomic mass is 9.86. The summed E-state index contributed by atoms with van der Waals surface area (Å²) in [6, 6.07) is -1.09. The molecule has 0 aromatic carbocycles. The van der Waals surface area contributed by atoms with E-state index in [0.717, 1.165) is 19.3 Å². The third-order valence-corrected chi connectivity index (χ3v) is 3.66. The minimum absolute atomic E-state index is 0.165. The molecular weight excluding hydrogens is 244 g/mol. The van der Waals surface area contributed by atoms with Crippen LogP contribution < -0.4 is 10.6 Å². The Kier molecular flexibility index (Phi) is 5.20. The molecule has 5 heteroatoms. The van der Waals surface area contributed by atoms with Crippen LogP contribution in [-0.4, -0.2) is 29.2 Å². The van der Waals surface area contributed by atoms with E-state index < -0.39 is 17.4 Å². The zero-order valence-corrected chi connectivity index (χ0v) is 12.3. The SMILES string of the molecule is CC1CCCC(NC(=O)N[C@H](C(=O)O)C(C)(C)C)C1. The predicted octanol–water partition coefficient (Wildman–Crippen LogP) is 2.36. The van der Waals surface area contributed by atoms with Gasteiger partial charge in [-0.1, -0.05) is 40.5 Å². The zero-order chi connectivity index (χ0) is 14.6. The van der Waals surface area contributed by atoms with E-state index in [-0.39, 0.29) is 12.1 Å². The van der Waals surface area contributed by atoms with Gasteiger partial charge in [0.05, 0.1) is 0 Å². The summed E-state index contributed by atoms with van der Waals surface area (Å²) < 4.78 is 0. The molecule has 19 heavy (non-hydrogen) atoms. The van der Waals surface area contributed by atoms with Crippen LogP contribution in [0.25, 0.3) is 0 Å². The number of nitrogens with one attached hydrogen (secondary N) is 2. The minimum Gasteiger partial charge on any atom is -0.480 e. The van der Waals surface area contributed by atoms with Gasteiger partial charge in [-0.05, 0) is 24.2 Å². The Bertz CT molecular complexity index is 336. The van der Waals surface area contributed by atoms with Gasteiger partial charge in [0.1, 0.15) is 6.04 Å². The fourth-order valence-corrected chi connectivity index (χ4v) is 2.57. The number of carboxylic acid groups (broad SMARTS) is 1. The fraction of sp³-hybridized carbons (Fsp3) is 0.857. The number of urea groups is 1. The molecule has 2 amide bonds. The highest BCUT2D eigenvalue weighted by molar-refractivity contribution is 5.83. The first-order valence-electron chi connectivity index (χ1n) is 7.00. The average Bonchev–Trinajstić information content (AvgIpc) is 2.24. The van der Waals surface area contributed by atoms with Crippen molar-refractivity contribution in [2.75, 3.05) is 0 Å². The van der Waals surface area contributed by atoms with E-state index >= 15 is 0 Å². The summed E-state index contributed by atoms with van der Waals surface area (Å²) in [6.45, 7) is 7.58. The summed E-state index contributed by atoms with van der Waals surface area (Å²) in [7, 11) is 0. The van der Waals surface area contributed by atoms with Crippen molar-refractivity contribution in [3.63, 3.8) is 0 Å². The maximum Gasteiger partial charge on any atom is 0.326 e. The number of aliphatic carboxylic acids is 1. The van der Waals surface area contributed by atoms with E-state index in [1.165, 1.54) is 6.42 Å². The van der Waals surface area contributed by atoms with Gasteiger partial charge in [-0.25, -0.2) is 9.59 Å². The van der Waals surface area contributed by atoms with Crippen LogP contribution in [0.1, 0.15) is 53.4 Å². The molecular formula is C14H26N2O3. The van der Waals surface area contributed by atoms with Crippen LogP contribution >= 0.6 is 0 Å². The summed E-state index contributed by atoms with van der Waals surface area (Å²) in [5.41, 5.74) is -0.511. The Morgan fingerprint density at radius 1 is 1.26 bits per heavy atom. The third-order valence-electron chi connectivity index (χ3n) is 3.66. The molecule has 3 N–H and O–H groups in total. The first kappa shape index (κ1) is 15.8. The minimum atomic E-state index is -1.00. The normalized spacial score (nSPS) is 25.5. The van der Waals surface area contributed by atoms with Crippen molar-refractivity contribution in [1.29, 1.82) is 0 Å². The lowest BCUT2D eigenvalue weighted by Crippen LogP contribution is -2.54. The van der Waals surface area contributed by atoms with Crippen molar-refractivity contribution in [2.24, 2.45) is 11.3 Å². The molecule has 3 atom stereocenters. The van der Waals surface area contributed by atoms with Crippen LogP contribution in [0.4, 0.5) is 4.79 Å². The number of amides is 2. The molecule has 1 aliphatic carbocycles. The van der Waals surface area contributed by atoms with Gasteiger partial charge in [0.2, 0.25) is 0 Å². The number of rotatable bonds is 3. The second kappa shape index (κ2) is 6.26. The highest BCUT2D eigenvalue weighted by atomic mass is 16.4. The number of carboxylic acids is 1. The van der Waals surface area contributed by atoms with Gasteiger partial charge < -0.3 is 15.7 Å². The summed E-state index contributed by atoms with van der Waals surface area (Å²) in [5, 5.41) is 14.6.